The highest BCUT2D eigenvalue weighted by Crippen LogP contribution is 2.46. The van der Waals surface area contributed by atoms with Gasteiger partial charge in [0.1, 0.15) is 5.82 Å². The van der Waals surface area contributed by atoms with Crippen molar-refractivity contribution in [2.45, 2.75) is 50.4 Å². The summed E-state index contributed by atoms with van der Waals surface area (Å²) in [6.07, 6.45) is 3.84. The van der Waals surface area contributed by atoms with Gasteiger partial charge in [0.2, 0.25) is 5.92 Å². The average molecular weight is 360 g/mol. The molecule has 1 aromatic heterocycles. The van der Waals surface area contributed by atoms with Crippen LogP contribution in [0.5, 0.6) is 0 Å². The summed E-state index contributed by atoms with van der Waals surface area (Å²) in [6, 6.07) is 9.73. The fraction of sp³-hybridized carbons (Fsp3) is 0.450. The van der Waals surface area contributed by atoms with Gasteiger partial charge in [-0.25, -0.2) is 23.5 Å². The Bertz CT molecular complexity index is 738. The van der Waals surface area contributed by atoms with Gasteiger partial charge in [-0.2, -0.15) is 0 Å². The van der Waals surface area contributed by atoms with Crippen molar-refractivity contribution in [3.8, 4) is 0 Å². The second kappa shape index (κ2) is 7.48. The predicted octanol–water partition coefficient (Wildman–Crippen LogP) is 4.34. The third kappa shape index (κ3) is 4.06. The molecule has 0 unspecified atom stereocenters. The van der Waals surface area contributed by atoms with Crippen molar-refractivity contribution in [1.82, 2.24) is 9.97 Å². The molecule has 0 amide bonds. The average Bonchev–Trinajstić information content (AvgIpc) is 2.65. The number of hydrogen-bond donors (Lipinski definition) is 0. The van der Waals surface area contributed by atoms with Gasteiger partial charge in [-0.15, -0.1) is 0 Å². The predicted molar refractivity (Wildman–Crippen MR) is 93.2 cm³/mol. The molecule has 1 saturated carbocycles. The largest absolute Gasteiger partial charge is 0.462 e. The highest BCUT2D eigenvalue weighted by atomic mass is 19.3. The molecular weight excluding hydrogens is 338 g/mol. The number of carbonyl (C=O) groups excluding carboxylic acids is 1. The minimum Gasteiger partial charge on any atom is -0.462 e. The quantitative estimate of drug-likeness (QED) is 0.744. The Hall–Kier alpha value is -2.37. The van der Waals surface area contributed by atoms with E-state index in [9.17, 15) is 13.6 Å². The number of alkyl halides is 2. The molecule has 1 aliphatic rings. The molecule has 0 spiro atoms. The summed E-state index contributed by atoms with van der Waals surface area (Å²) in [7, 11) is 0. The fourth-order valence-corrected chi connectivity index (χ4v) is 3.52. The van der Waals surface area contributed by atoms with Crippen molar-refractivity contribution < 1.29 is 18.3 Å². The minimum absolute atomic E-state index is 0.136. The molecule has 2 aromatic rings. The van der Waals surface area contributed by atoms with Crippen LogP contribution in [0.3, 0.4) is 0 Å². The van der Waals surface area contributed by atoms with E-state index in [1.165, 1.54) is 12.4 Å². The molecule has 4 nitrogen and oxygen atoms in total. The highest BCUT2D eigenvalue weighted by Gasteiger charge is 2.44. The summed E-state index contributed by atoms with van der Waals surface area (Å²) < 4.78 is 32.4. The van der Waals surface area contributed by atoms with E-state index in [1.807, 2.05) is 30.3 Å². The molecule has 6 heteroatoms. The van der Waals surface area contributed by atoms with E-state index in [0.29, 0.717) is 30.7 Å². The van der Waals surface area contributed by atoms with Gasteiger partial charge < -0.3 is 4.74 Å². The number of aromatic nitrogens is 2. The van der Waals surface area contributed by atoms with Crippen LogP contribution in [0.25, 0.3) is 0 Å². The van der Waals surface area contributed by atoms with Gasteiger partial charge in [-0.05, 0) is 25.3 Å². The fourth-order valence-electron chi connectivity index (χ4n) is 3.52. The topological polar surface area (TPSA) is 52.1 Å². The molecular formula is C20H22F2N2O2. The Kier molecular flexibility index (Phi) is 5.30. The lowest BCUT2D eigenvalue weighted by Gasteiger charge is -2.40. The first-order chi connectivity index (χ1) is 12.4. The van der Waals surface area contributed by atoms with E-state index >= 15 is 0 Å². The molecule has 0 N–H and O–H groups in total. The molecule has 0 atom stereocenters. The number of rotatable bonds is 5. The molecule has 1 aliphatic carbocycles. The van der Waals surface area contributed by atoms with Gasteiger partial charge in [0, 0.05) is 37.1 Å². The second-order valence-electron chi connectivity index (χ2n) is 6.79. The maximum Gasteiger partial charge on any atom is 0.341 e. The number of ether oxygens (including phenoxy) is 1. The zero-order valence-electron chi connectivity index (χ0n) is 14.8. The Morgan fingerprint density at radius 3 is 2.27 bits per heavy atom. The first-order valence-electron chi connectivity index (χ1n) is 8.85. The first-order valence-corrected chi connectivity index (χ1v) is 8.85. The minimum atomic E-state index is -2.60. The summed E-state index contributed by atoms with van der Waals surface area (Å²) in [6.45, 7) is 2.02. The van der Waals surface area contributed by atoms with Crippen molar-refractivity contribution in [2.24, 2.45) is 0 Å². The van der Waals surface area contributed by atoms with Crippen LogP contribution < -0.4 is 0 Å². The molecule has 138 valence electrons. The Morgan fingerprint density at radius 1 is 1.08 bits per heavy atom. The third-order valence-electron chi connectivity index (χ3n) is 5.04. The van der Waals surface area contributed by atoms with Crippen LogP contribution in [0.1, 0.15) is 54.4 Å². The lowest BCUT2D eigenvalue weighted by atomic mass is 9.66. The zero-order valence-corrected chi connectivity index (χ0v) is 14.8. The van der Waals surface area contributed by atoms with Crippen LogP contribution in [-0.2, 0) is 16.6 Å². The van der Waals surface area contributed by atoms with Crippen molar-refractivity contribution in [2.75, 3.05) is 6.61 Å². The summed E-state index contributed by atoms with van der Waals surface area (Å²) in [5, 5.41) is 0. The van der Waals surface area contributed by atoms with Crippen molar-refractivity contribution >= 4 is 5.97 Å². The van der Waals surface area contributed by atoms with Crippen LogP contribution in [0.4, 0.5) is 8.78 Å². The lowest BCUT2D eigenvalue weighted by Crippen LogP contribution is -2.38. The molecule has 3 rings (SSSR count). The van der Waals surface area contributed by atoms with Crippen LogP contribution >= 0.6 is 0 Å². The van der Waals surface area contributed by atoms with Gasteiger partial charge >= 0.3 is 5.97 Å². The van der Waals surface area contributed by atoms with Gasteiger partial charge in [-0.1, -0.05) is 30.3 Å². The first kappa shape index (κ1) is 18.4. The van der Waals surface area contributed by atoms with Crippen molar-refractivity contribution in [1.29, 1.82) is 0 Å². The molecule has 26 heavy (non-hydrogen) atoms. The lowest BCUT2D eigenvalue weighted by molar-refractivity contribution is -0.0523. The summed E-state index contributed by atoms with van der Waals surface area (Å²) in [5.74, 6) is -2.52. The number of nitrogens with zero attached hydrogens (tertiary/aromatic N) is 2. The zero-order chi connectivity index (χ0) is 18.6. The molecule has 1 aromatic carbocycles. The summed E-state index contributed by atoms with van der Waals surface area (Å²) in [4.78, 5) is 20.3. The van der Waals surface area contributed by atoms with Gasteiger partial charge in [0.15, 0.2) is 0 Å². The Balaban J connectivity index is 1.84. The van der Waals surface area contributed by atoms with Crippen LogP contribution in [0.15, 0.2) is 42.7 Å². The highest BCUT2D eigenvalue weighted by molar-refractivity contribution is 5.88. The number of benzene rings is 1. The van der Waals surface area contributed by atoms with E-state index in [2.05, 4.69) is 9.97 Å². The van der Waals surface area contributed by atoms with E-state index in [0.717, 1.165) is 5.56 Å². The SMILES string of the molecule is CCOC(=O)c1cnc(CC2(c3ccccc3)CCC(F)(F)CC2)nc1. The summed E-state index contributed by atoms with van der Waals surface area (Å²) in [5.41, 5.74) is 0.919. The summed E-state index contributed by atoms with van der Waals surface area (Å²) >= 11 is 0. The molecule has 0 bridgehead atoms. The molecule has 0 saturated heterocycles. The van der Waals surface area contributed by atoms with Crippen LogP contribution in [-0.4, -0.2) is 28.5 Å². The van der Waals surface area contributed by atoms with Gasteiger partial charge in [-0.3, -0.25) is 0 Å². The van der Waals surface area contributed by atoms with Crippen LogP contribution in [0, 0.1) is 0 Å². The van der Waals surface area contributed by atoms with E-state index in [4.69, 9.17) is 4.74 Å². The number of halogens is 2. The molecule has 1 heterocycles. The number of carbonyl (C=O) groups is 1. The Labute approximate surface area is 151 Å². The monoisotopic (exact) mass is 360 g/mol. The van der Waals surface area contributed by atoms with E-state index < -0.39 is 17.3 Å². The smallest absolute Gasteiger partial charge is 0.341 e. The molecule has 0 aliphatic heterocycles. The van der Waals surface area contributed by atoms with Gasteiger partial charge in [0.05, 0.1) is 12.2 Å². The van der Waals surface area contributed by atoms with Crippen molar-refractivity contribution in [3.63, 3.8) is 0 Å². The maximum absolute atomic E-state index is 13.7. The normalized spacial score (nSPS) is 18.3. The van der Waals surface area contributed by atoms with E-state index in [-0.39, 0.29) is 19.4 Å². The van der Waals surface area contributed by atoms with Crippen LogP contribution in [0.2, 0.25) is 0 Å². The third-order valence-corrected chi connectivity index (χ3v) is 5.04. The van der Waals surface area contributed by atoms with Gasteiger partial charge in [0.25, 0.3) is 0 Å². The number of esters is 1. The van der Waals surface area contributed by atoms with E-state index in [1.54, 1.807) is 6.92 Å². The van der Waals surface area contributed by atoms with Crippen molar-refractivity contribution in [3.05, 3.63) is 59.7 Å². The number of hydrogen-bond acceptors (Lipinski definition) is 4. The second-order valence-corrected chi connectivity index (χ2v) is 6.79. The molecule has 0 radical (unpaired) electrons. The Morgan fingerprint density at radius 2 is 1.69 bits per heavy atom. The maximum atomic E-state index is 13.7. The standard InChI is InChI=1S/C20H22F2N2O2/c1-2-26-18(25)15-13-23-17(24-14-15)12-19(16-6-4-3-5-7-16)8-10-20(21,22)11-9-19/h3-7,13-14H,2,8-12H2,1H3. The molecule has 1 fully saturated rings.